The molecular formula is C39H29Br2ClN4O3S2. The summed E-state index contributed by atoms with van der Waals surface area (Å²) in [5.41, 5.74) is 1.62. The summed E-state index contributed by atoms with van der Waals surface area (Å²) in [6.45, 7) is 0. The average molecular weight is 861 g/mol. The number of hydrogen-bond donors (Lipinski definition) is 2. The third kappa shape index (κ3) is 8.34. The van der Waals surface area contributed by atoms with Gasteiger partial charge in [-0.25, -0.2) is 4.98 Å². The fourth-order valence-electron chi connectivity index (χ4n) is 5.27. The highest BCUT2D eigenvalue weighted by Crippen LogP contribution is 2.49. The van der Waals surface area contributed by atoms with Gasteiger partial charge in [0.2, 0.25) is 5.91 Å². The lowest BCUT2D eigenvalue weighted by Gasteiger charge is -2.39. The number of amides is 2. The van der Waals surface area contributed by atoms with Crippen molar-refractivity contribution in [2.45, 2.75) is 19.4 Å². The molecule has 0 radical (unpaired) electrons. The number of carbonyl (C=O) groups excluding carboxylic acids is 2. The summed E-state index contributed by atoms with van der Waals surface area (Å²) in [6.07, 6.45) is 3.25. The van der Waals surface area contributed by atoms with Gasteiger partial charge >= 0.3 is 0 Å². The number of ether oxygens (including phenoxy) is 1. The number of carbonyl (C=O) groups is 2. The quantitative estimate of drug-likeness (QED) is 0.0935. The van der Waals surface area contributed by atoms with Gasteiger partial charge in [0, 0.05) is 36.2 Å². The molecule has 0 fully saturated rings. The first kappa shape index (κ1) is 36.7. The second-order valence-electron chi connectivity index (χ2n) is 11.1. The van der Waals surface area contributed by atoms with Gasteiger partial charge in [0.15, 0.2) is 9.62 Å². The molecule has 2 N–H and O–H groups in total. The SMILES string of the molecule is COc1ccc(SC(NC(=O)C(Sc2ccccc2)(c2ccccc2)c2ccc(Br)cn2)(C(=O)Nc2ccc(Br)cn2)c2ccc(Cl)cc2)cc1. The van der Waals surface area contributed by atoms with E-state index in [1.807, 2.05) is 84.9 Å². The molecule has 6 aromatic rings. The number of pyridine rings is 2. The molecule has 2 heterocycles. The van der Waals surface area contributed by atoms with Crippen molar-refractivity contribution in [3.8, 4) is 5.75 Å². The van der Waals surface area contributed by atoms with Gasteiger partial charge in [0.25, 0.3) is 5.91 Å². The Morgan fingerprint density at radius 1 is 0.667 bits per heavy atom. The molecule has 4 aromatic carbocycles. The Balaban J connectivity index is 1.58. The van der Waals surface area contributed by atoms with Crippen LogP contribution in [0.15, 0.2) is 165 Å². The van der Waals surface area contributed by atoms with Crippen molar-refractivity contribution in [1.29, 1.82) is 0 Å². The lowest BCUT2D eigenvalue weighted by atomic mass is 9.92. The summed E-state index contributed by atoms with van der Waals surface area (Å²) in [5, 5.41) is 6.72. The predicted octanol–water partition coefficient (Wildman–Crippen LogP) is 10.1. The molecule has 2 aromatic heterocycles. The zero-order chi connectivity index (χ0) is 35.8. The summed E-state index contributed by atoms with van der Waals surface area (Å²) in [7, 11) is 1.59. The molecule has 2 amide bonds. The van der Waals surface area contributed by atoms with E-state index < -0.39 is 21.4 Å². The van der Waals surface area contributed by atoms with Gasteiger partial charge in [-0.05, 0) is 116 Å². The smallest absolute Gasteiger partial charge is 0.266 e. The van der Waals surface area contributed by atoms with E-state index >= 15 is 4.79 Å². The number of aromatic nitrogens is 2. The first-order valence-electron chi connectivity index (χ1n) is 15.5. The normalized spacial score (nSPS) is 13.3. The average Bonchev–Trinajstić information content (AvgIpc) is 3.16. The van der Waals surface area contributed by atoms with E-state index in [0.717, 1.165) is 13.8 Å². The number of nitrogens with one attached hydrogen (secondary N) is 2. The van der Waals surface area contributed by atoms with Crippen LogP contribution >= 0.6 is 67.0 Å². The molecule has 0 saturated heterocycles. The van der Waals surface area contributed by atoms with Crippen molar-refractivity contribution in [3.05, 3.63) is 177 Å². The van der Waals surface area contributed by atoms with Crippen molar-refractivity contribution < 1.29 is 14.3 Å². The molecule has 0 aliphatic rings. The summed E-state index contributed by atoms with van der Waals surface area (Å²) < 4.78 is 5.44. The van der Waals surface area contributed by atoms with Crippen LogP contribution in [0.25, 0.3) is 0 Å². The van der Waals surface area contributed by atoms with Crippen LogP contribution in [-0.4, -0.2) is 28.9 Å². The van der Waals surface area contributed by atoms with Gasteiger partial charge in [0.1, 0.15) is 11.6 Å². The van der Waals surface area contributed by atoms with E-state index in [1.54, 1.807) is 68.0 Å². The summed E-state index contributed by atoms with van der Waals surface area (Å²) in [4.78, 5) is 39.6. The maximum absolute atomic E-state index is 15.7. The molecule has 51 heavy (non-hydrogen) atoms. The highest BCUT2D eigenvalue weighted by atomic mass is 79.9. The van der Waals surface area contributed by atoms with Gasteiger partial charge < -0.3 is 15.4 Å². The maximum Gasteiger partial charge on any atom is 0.266 e. The molecule has 2 unspecified atom stereocenters. The van der Waals surface area contributed by atoms with Crippen molar-refractivity contribution >= 4 is 84.6 Å². The van der Waals surface area contributed by atoms with Crippen molar-refractivity contribution in [2.75, 3.05) is 12.4 Å². The lowest BCUT2D eigenvalue weighted by Crippen LogP contribution is -2.57. The monoisotopic (exact) mass is 858 g/mol. The van der Waals surface area contributed by atoms with Gasteiger partial charge in [-0.3, -0.25) is 14.6 Å². The van der Waals surface area contributed by atoms with Crippen LogP contribution < -0.4 is 15.4 Å². The Labute approximate surface area is 326 Å². The number of methoxy groups -OCH3 is 1. The van der Waals surface area contributed by atoms with Crippen molar-refractivity contribution in [1.82, 2.24) is 15.3 Å². The number of halogens is 3. The summed E-state index contributed by atoms with van der Waals surface area (Å²) >= 11 is 15.8. The summed E-state index contributed by atoms with van der Waals surface area (Å²) in [5.74, 6) is -0.0714. The molecule has 0 bridgehead atoms. The van der Waals surface area contributed by atoms with Crippen molar-refractivity contribution in [3.63, 3.8) is 0 Å². The molecule has 12 heteroatoms. The first-order chi connectivity index (χ1) is 24.7. The van der Waals surface area contributed by atoms with Gasteiger partial charge in [0.05, 0.1) is 12.8 Å². The van der Waals surface area contributed by atoms with Crippen LogP contribution in [0.4, 0.5) is 5.82 Å². The van der Waals surface area contributed by atoms with Gasteiger partial charge in [-0.1, -0.05) is 95.8 Å². The minimum atomic E-state index is -1.77. The van der Waals surface area contributed by atoms with Gasteiger partial charge in [-0.15, -0.1) is 0 Å². The number of anilines is 1. The fraction of sp³-hybridized carbons (Fsp3) is 0.0769. The largest absolute Gasteiger partial charge is 0.497 e. The molecule has 0 aliphatic heterocycles. The predicted molar refractivity (Wildman–Crippen MR) is 212 cm³/mol. The number of hydrogen-bond acceptors (Lipinski definition) is 7. The summed E-state index contributed by atoms with van der Waals surface area (Å²) in [6, 6.07) is 40.3. The van der Waals surface area contributed by atoms with Gasteiger partial charge in [-0.2, -0.15) is 0 Å². The Kier molecular flexibility index (Phi) is 11.8. The molecule has 7 nitrogen and oxygen atoms in total. The fourth-order valence-corrected chi connectivity index (χ4v) is 8.30. The minimum Gasteiger partial charge on any atom is -0.497 e. The van der Waals surface area contributed by atoms with Crippen LogP contribution in [-0.2, 0) is 19.2 Å². The van der Waals surface area contributed by atoms with E-state index in [1.165, 1.54) is 23.5 Å². The highest BCUT2D eigenvalue weighted by Gasteiger charge is 2.51. The Hall–Kier alpha value is -4.13. The van der Waals surface area contributed by atoms with E-state index in [2.05, 4.69) is 47.5 Å². The zero-order valence-electron chi connectivity index (χ0n) is 26.9. The molecule has 0 saturated carbocycles. The van der Waals surface area contributed by atoms with Crippen LogP contribution in [0.1, 0.15) is 16.8 Å². The number of rotatable bonds is 12. The number of benzene rings is 4. The Bertz CT molecular complexity index is 2100. The Morgan fingerprint density at radius 3 is 1.86 bits per heavy atom. The second kappa shape index (κ2) is 16.5. The lowest BCUT2D eigenvalue weighted by molar-refractivity contribution is -0.128. The Morgan fingerprint density at radius 2 is 1.27 bits per heavy atom. The molecule has 0 aliphatic carbocycles. The maximum atomic E-state index is 15.7. The third-order valence-corrected chi connectivity index (χ3v) is 11.7. The zero-order valence-corrected chi connectivity index (χ0v) is 32.5. The molecular weight excluding hydrogens is 832 g/mol. The first-order valence-corrected chi connectivity index (χ1v) is 19.1. The van der Waals surface area contributed by atoms with Crippen LogP contribution in [0, 0.1) is 0 Å². The van der Waals surface area contributed by atoms with E-state index in [-0.39, 0.29) is 0 Å². The van der Waals surface area contributed by atoms with Crippen molar-refractivity contribution in [2.24, 2.45) is 0 Å². The number of nitrogens with zero attached hydrogens (tertiary/aromatic N) is 2. The van der Waals surface area contributed by atoms with E-state index in [9.17, 15) is 4.79 Å². The highest BCUT2D eigenvalue weighted by molar-refractivity contribution is 9.10. The topological polar surface area (TPSA) is 93.2 Å². The van der Waals surface area contributed by atoms with Crippen LogP contribution in [0.5, 0.6) is 5.75 Å². The molecule has 6 rings (SSSR count). The number of thioether (sulfide) groups is 2. The van der Waals surface area contributed by atoms with Crippen LogP contribution in [0.2, 0.25) is 5.02 Å². The van der Waals surface area contributed by atoms with E-state index in [4.69, 9.17) is 21.3 Å². The standard InChI is InChI=1S/C39H29Br2ClN4O3S2/c1-49-31-18-20-33(21-19-31)51-39(27-12-16-30(42)17-13-27,37(48)45-35-23-15-29(41)25-44-35)46-36(47)38(26-8-4-2-5-9-26,34-22-14-28(40)24-43-34)50-32-10-6-3-7-11-32/h2-25H,1H3,(H,46,47)(H,44,45,48). The van der Waals surface area contributed by atoms with E-state index in [0.29, 0.717) is 38.3 Å². The second-order valence-corrected chi connectivity index (χ2v) is 15.9. The van der Waals surface area contributed by atoms with Crippen LogP contribution in [0.3, 0.4) is 0 Å². The molecule has 256 valence electrons. The minimum absolute atomic E-state index is 0.300. The third-order valence-electron chi connectivity index (χ3n) is 7.76. The molecule has 2 atom stereocenters. The molecule has 0 spiro atoms.